The molecule has 10 nitrogen and oxygen atoms in total. The highest BCUT2D eigenvalue weighted by atomic mass is 32.2. The van der Waals surface area contributed by atoms with Gasteiger partial charge in [0.05, 0.1) is 0 Å². The average Bonchev–Trinajstić information content (AvgIpc) is 2.23. The maximum atomic E-state index is 11.4. The van der Waals surface area contributed by atoms with Crippen molar-refractivity contribution in [2.75, 3.05) is 0 Å². The fraction of sp³-hybridized carbons (Fsp3) is 0.286. The molecule has 0 spiro atoms. The fourth-order valence-electron chi connectivity index (χ4n) is 1.73. The van der Waals surface area contributed by atoms with Gasteiger partial charge in [-0.3, -0.25) is 13.7 Å². The highest BCUT2D eigenvalue weighted by molar-refractivity contribution is 7.95. The van der Waals surface area contributed by atoms with Gasteiger partial charge < -0.3 is 4.79 Å². The minimum Gasteiger partial charge on any atom is -0.301 e. The molecule has 2 atom stereocenters. The second-order valence-corrected chi connectivity index (χ2v) is 8.27. The summed E-state index contributed by atoms with van der Waals surface area (Å²) in [4.78, 5) is 9.49. The van der Waals surface area contributed by atoms with Gasteiger partial charge in [0.2, 0.25) is 4.75 Å². The van der Waals surface area contributed by atoms with Crippen molar-refractivity contribution < 1.29 is 43.7 Å². The Kier molecular flexibility index (Phi) is 3.99. The summed E-state index contributed by atoms with van der Waals surface area (Å²) in [6.45, 7) is 0. The number of allylic oxidation sites excluding steroid dienone is 2. The predicted octanol–water partition coefficient (Wildman–Crippen LogP) is -1.59. The van der Waals surface area contributed by atoms with E-state index < -0.39 is 51.5 Å². The summed E-state index contributed by atoms with van der Waals surface area (Å²) in [5.41, 5.74) is 0. The summed E-state index contributed by atoms with van der Waals surface area (Å²) in [5, 5.41) is -2.63. The lowest BCUT2D eigenvalue weighted by Crippen LogP contribution is -2.56. The van der Waals surface area contributed by atoms with E-state index in [-0.39, 0.29) is 0 Å². The highest BCUT2D eigenvalue weighted by Gasteiger charge is 2.61. The highest BCUT2D eigenvalue weighted by Crippen LogP contribution is 2.37. The molecule has 3 N–H and O–H groups in total. The molecule has 1 rings (SSSR count). The number of hydrogen-bond acceptors (Lipinski definition) is 7. The third-order valence-electron chi connectivity index (χ3n) is 2.54. The van der Waals surface area contributed by atoms with Crippen LogP contribution in [0.2, 0.25) is 0 Å². The van der Waals surface area contributed by atoms with E-state index in [1.54, 1.807) is 0 Å². The average molecular weight is 348 g/mol. The lowest BCUT2D eigenvalue weighted by molar-refractivity contribution is -0.109. The molecule has 2 unspecified atom stereocenters. The van der Waals surface area contributed by atoms with Crippen LogP contribution in [0.1, 0.15) is 0 Å². The Labute approximate surface area is 114 Å². The van der Waals surface area contributed by atoms with Crippen LogP contribution in [0.15, 0.2) is 23.1 Å². The first-order chi connectivity index (χ1) is 8.78. The molecule has 0 aliphatic heterocycles. The first-order valence-electron chi connectivity index (χ1n) is 4.54. The van der Waals surface area contributed by atoms with Crippen molar-refractivity contribution in [3.05, 3.63) is 23.1 Å². The van der Waals surface area contributed by atoms with Gasteiger partial charge in [0, 0.05) is 0 Å². The second kappa shape index (κ2) is 4.71. The standard InChI is InChI=1S/C7H8O10S3/c8-4-7(20(15,16)17)5(18(9,10)11)2-1-3-6(7)19(12,13)14/h1-5H,(H,9,10,11)(H,12,13,14)(H,15,16,17). The Bertz CT molecular complexity index is 797. The van der Waals surface area contributed by atoms with Gasteiger partial charge in [0.1, 0.15) is 10.2 Å². The van der Waals surface area contributed by atoms with Crippen molar-refractivity contribution in [3.8, 4) is 0 Å². The minimum atomic E-state index is -5.67. The molecule has 0 bridgehead atoms. The lowest BCUT2D eigenvalue weighted by Gasteiger charge is -2.31. The van der Waals surface area contributed by atoms with Crippen LogP contribution in [0.3, 0.4) is 0 Å². The number of hydrogen-bond donors (Lipinski definition) is 3. The van der Waals surface area contributed by atoms with Gasteiger partial charge in [-0.05, 0) is 6.08 Å². The van der Waals surface area contributed by atoms with Crippen LogP contribution in [-0.2, 0) is 35.1 Å². The maximum Gasteiger partial charge on any atom is 0.292 e. The predicted molar refractivity (Wildman–Crippen MR) is 64.5 cm³/mol. The molecule has 0 radical (unpaired) electrons. The molecule has 1 aliphatic rings. The maximum absolute atomic E-state index is 11.4. The van der Waals surface area contributed by atoms with Crippen LogP contribution >= 0.6 is 0 Å². The van der Waals surface area contributed by atoms with Crippen LogP contribution in [0.5, 0.6) is 0 Å². The number of carbonyl (C=O) groups excluding carboxylic acids is 1. The molecule has 0 aromatic rings. The zero-order valence-electron chi connectivity index (χ0n) is 9.31. The number of carbonyl (C=O) groups is 1. The van der Waals surface area contributed by atoms with Crippen molar-refractivity contribution in [2.24, 2.45) is 0 Å². The SMILES string of the molecule is O=CC1(S(=O)(=O)O)C(S(=O)(=O)O)=CC=CC1S(=O)(=O)O. The normalized spacial score (nSPS) is 27.9. The van der Waals surface area contributed by atoms with E-state index in [1.807, 2.05) is 0 Å². The molecule has 0 saturated carbocycles. The van der Waals surface area contributed by atoms with Crippen molar-refractivity contribution >= 4 is 36.6 Å². The van der Waals surface area contributed by atoms with E-state index in [2.05, 4.69) is 0 Å². The summed E-state index contributed by atoms with van der Waals surface area (Å²) in [7, 11) is -16.3. The van der Waals surface area contributed by atoms with Crippen molar-refractivity contribution in [2.45, 2.75) is 10.00 Å². The molecule has 0 heterocycles. The van der Waals surface area contributed by atoms with E-state index in [0.717, 1.165) is 0 Å². The molecule has 0 aromatic heterocycles. The fourth-order valence-corrected chi connectivity index (χ4v) is 5.72. The third-order valence-corrected chi connectivity index (χ3v) is 6.44. The molecular formula is C7H8O10S3. The van der Waals surface area contributed by atoms with Crippen LogP contribution in [0.4, 0.5) is 0 Å². The number of rotatable bonds is 4. The summed E-state index contributed by atoms with van der Waals surface area (Å²) >= 11 is 0. The Morgan fingerprint density at radius 2 is 1.55 bits per heavy atom. The van der Waals surface area contributed by atoms with Crippen molar-refractivity contribution in [1.29, 1.82) is 0 Å². The van der Waals surface area contributed by atoms with Gasteiger partial charge in [-0.2, -0.15) is 25.3 Å². The Balaban J connectivity index is 3.95. The third kappa shape index (κ3) is 2.55. The second-order valence-electron chi connectivity index (χ2n) is 3.71. The molecule has 1 aliphatic carbocycles. The Hall–Kier alpha value is -1.12. The summed E-state index contributed by atoms with van der Waals surface area (Å²) in [6, 6.07) is 0. The first-order valence-corrected chi connectivity index (χ1v) is 8.93. The van der Waals surface area contributed by atoms with Crippen molar-refractivity contribution in [1.82, 2.24) is 0 Å². The zero-order valence-corrected chi connectivity index (χ0v) is 11.8. The molecule has 0 amide bonds. The Morgan fingerprint density at radius 3 is 1.85 bits per heavy atom. The topological polar surface area (TPSA) is 180 Å². The molecule has 0 aromatic carbocycles. The van der Waals surface area contributed by atoms with E-state index in [1.165, 1.54) is 0 Å². The van der Waals surface area contributed by atoms with E-state index in [0.29, 0.717) is 18.2 Å². The lowest BCUT2D eigenvalue weighted by atomic mass is 10.0. The molecule has 20 heavy (non-hydrogen) atoms. The van der Waals surface area contributed by atoms with Gasteiger partial charge in [0.25, 0.3) is 30.4 Å². The molecule has 13 heteroatoms. The summed E-state index contributed by atoms with van der Waals surface area (Å²) in [5.74, 6) is 0. The smallest absolute Gasteiger partial charge is 0.292 e. The molecular weight excluding hydrogens is 340 g/mol. The van der Waals surface area contributed by atoms with E-state index in [4.69, 9.17) is 13.7 Å². The van der Waals surface area contributed by atoms with Crippen LogP contribution in [-0.4, -0.2) is 55.2 Å². The Morgan fingerprint density at radius 1 is 1.05 bits per heavy atom. The molecule has 0 saturated heterocycles. The van der Waals surface area contributed by atoms with E-state index in [9.17, 15) is 30.0 Å². The largest absolute Gasteiger partial charge is 0.301 e. The quantitative estimate of drug-likeness (QED) is 0.396. The van der Waals surface area contributed by atoms with Gasteiger partial charge in [-0.1, -0.05) is 12.2 Å². The van der Waals surface area contributed by atoms with Crippen LogP contribution < -0.4 is 0 Å². The molecule has 0 fully saturated rings. The monoisotopic (exact) mass is 348 g/mol. The van der Waals surface area contributed by atoms with Gasteiger partial charge in [-0.25, -0.2) is 0 Å². The summed E-state index contributed by atoms with van der Waals surface area (Å²) in [6.07, 6.45) is 0.893. The zero-order chi connectivity index (χ0) is 16.0. The van der Waals surface area contributed by atoms with Crippen LogP contribution in [0.25, 0.3) is 0 Å². The van der Waals surface area contributed by atoms with Gasteiger partial charge >= 0.3 is 0 Å². The molecule has 114 valence electrons. The van der Waals surface area contributed by atoms with E-state index >= 15 is 0 Å². The number of aldehydes is 1. The van der Waals surface area contributed by atoms with Gasteiger partial charge in [0.15, 0.2) is 6.29 Å². The first kappa shape index (κ1) is 16.9. The van der Waals surface area contributed by atoms with Crippen molar-refractivity contribution in [3.63, 3.8) is 0 Å². The summed E-state index contributed by atoms with van der Waals surface area (Å²) < 4.78 is 90.6. The van der Waals surface area contributed by atoms with Gasteiger partial charge in [-0.15, -0.1) is 0 Å². The minimum absolute atomic E-state index is 0.416. The van der Waals surface area contributed by atoms with Crippen LogP contribution in [0, 0.1) is 0 Å².